The molecule has 0 aliphatic carbocycles. The van der Waals surface area contributed by atoms with Gasteiger partial charge < -0.3 is 9.64 Å². The number of benzene rings is 1. The van der Waals surface area contributed by atoms with Crippen LogP contribution in [0.15, 0.2) is 23.1 Å². The molecule has 1 amide bonds. The summed E-state index contributed by atoms with van der Waals surface area (Å²) in [5, 5.41) is 0. The summed E-state index contributed by atoms with van der Waals surface area (Å²) in [7, 11) is 1.77. The number of nitrogens with zero attached hydrogens (tertiary/aromatic N) is 2. The van der Waals surface area contributed by atoms with Gasteiger partial charge in [-0.15, -0.1) is 0 Å². The highest BCUT2D eigenvalue weighted by Gasteiger charge is 2.25. The molecule has 1 atom stereocenters. The summed E-state index contributed by atoms with van der Waals surface area (Å²) in [6, 6.07) is 2.81. The van der Waals surface area contributed by atoms with Crippen LogP contribution in [0, 0.1) is 5.82 Å². The molecule has 0 aromatic heterocycles. The van der Waals surface area contributed by atoms with Crippen molar-refractivity contribution in [2.24, 2.45) is 0 Å². The molecule has 0 bridgehead atoms. The van der Waals surface area contributed by atoms with Crippen LogP contribution in [-0.2, 0) is 19.6 Å². The Morgan fingerprint density at radius 2 is 1.74 bits per heavy atom. The Kier molecular flexibility index (Phi) is 5.84. The summed E-state index contributed by atoms with van der Waals surface area (Å²) in [5.74, 6) is -2.52. The Hall–Kier alpha value is -2.00. The summed E-state index contributed by atoms with van der Waals surface area (Å²) in [6.45, 7) is 1.35. The molecule has 0 spiro atoms. The Morgan fingerprint density at radius 1 is 1.17 bits per heavy atom. The van der Waals surface area contributed by atoms with E-state index in [4.69, 9.17) is 4.74 Å². The van der Waals surface area contributed by atoms with Crippen LogP contribution in [-0.4, -0.2) is 63.8 Å². The normalized spacial score (nSPS) is 12.8. The molecule has 0 fully saturated rings. The molecule has 9 heteroatoms. The predicted molar refractivity (Wildman–Crippen MR) is 80.8 cm³/mol. The number of rotatable bonds is 5. The maximum absolute atomic E-state index is 13.8. The van der Waals surface area contributed by atoms with Gasteiger partial charge in [-0.05, 0) is 25.1 Å². The molecule has 0 heterocycles. The van der Waals surface area contributed by atoms with Gasteiger partial charge in [-0.2, -0.15) is 0 Å². The molecule has 128 valence electrons. The minimum atomic E-state index is -3.82. The average molecular weight is 346 g/mol. The quantitative estimate of drug-likeness (QED) is 0.733. The lowest BCUT2D eigenvalue weighted by Gasteiger charge is -2.18. The first-order valence-corrected chi connectivity index (χ1v) is 8.06. The summed E-state index contributed by atoms with van der Waals surface area (Å²) >= 11 is 0. The van der Waals surface area contributed by atoms with Gasteiger partial charge in [0, 0.05) is 28.2 Å². The molecular weight excluding hydrogens is 327 g/mol. The van der Waals surface area contributed by atoms with Gasteiger partial charge in [0.05, 0.1) is 10.5 Å². The molecular formula is C14H19FN2O5S. The molecule has 0 saturated heterocycles. The standard InChI is InChI=1S/C14H19FN2O5S/c1-9(13(18)16(2)3)22-14(19)11-8-10(6-7-12(11)15)23(20,21)17(4)5/h6-9H,1-5H3/t9-/m0/s1. The summed E-state index contributed by atoms with van der Waals surface area (Å²) in [5.41, 5.74) is -0.550. The van der Waals surface area contributed by atoms with Crippen LogP contribution in [0.5, 0.6) is 0 Å². The van der Waals surface area contributed by atoms with Crippen molar-refractivity contribution >= 4 is 21.9 Å². The van der Waals surface area contributed by atoms with Gasteiger partial charge in [0.25, 0.3) is 5.91 Å². The Bertz CT molecular complexity index is 716. The van der Waals surface area contributed by atoms with Crippen molar-refractivity contribution < 1.29 is 27.1 Å². The zero-order chi connectivity index (χ0) is 17.9. The van der Waals surface area contributed by atoms with E-state index in [1.807, 2.05) is 0 Å². The highest BCUT2D eigenvalue weighted by atomic mass is 32.2. The first-order valence-electron chi connectivity index (χ1n) is 6.62. The lowest BCUT2D eigenvalue weighted by molar-refractivity contribution is -0.137. The molecule has 0 aliphatic heterocycles. The van der Waals surface area contributed by atoms with Crippen LogP contribution in [0.3, 0.4) is 0 Å². The maximum atomic E-state index is 13.8. The number of hydrogen-bond acceptors (Lipinski definition) is 5. The van der Waals surface area contributed by atoms with Crippen molar-refractivity contribution in [2.45, 2.75) is 17.9 Å². The number of amides is 1. The molecule has 0 aliphatic rings. The fourth-order valence-corrected chi connectivity index (χ4v) is 2.60. The predicted octanol–water partition coefficient (Wildman–Crippen LogP) is 0.709. The number of sulfonamides is 1. The van der Waals surface area contributed by atoms with Crippen molar-refractivity contribution in [1.82, 2.24) is 9.21 Å². The second-order valence-electron chi connectivity index (χ2n) is 5.21. The van der Waals surface area contributed by atoms with Crippen LogP contribution in [0.1, 0.15) is 17.3 Å². The zero-order valence-corrected chi connectivity index (χ0v) is 14.3. The molecule has 0 radical (unpaired) electrons. The van der Waals surface area contributed by atoms with E-state index in [0.29, 0.717) is 0 Å². The van der Waals surface area contributed by atoms with Crippen molar-refractivity contribution in [3.63, 3.8) is 0 Å². The minimum Gasteiger partial charge on any atom is -0.449 e. The molecule has 1 rings (SSSR count). The van der Waals surface area contributed by atoms with E-state index in [1.165, 1.54) is 40.0 Å². The largest absolute Gasteiger partial charge is 0.449 e. The number of halogens is 1. The first-order chi connectivity index (χ1) is 10.5. The first kappa shape index (κ1) is 19.0. The zero-order valence-electron chi connectivity index (χ0n) is 13.5. The van der Waals surface area contributed by atoms with Gasteiger partial charge in [-0.25, -0.2) is 21.9 Å². The smallest absolute Gasteiger partial charge is 0.341 e. The van der Waals surface area contributed by atoms with Crippen molar-refractivity contribution in [1.29, 1.82) is 0 Å². The second kappa shape index (κ2) is 7.05. The number of esters is 1. The van der Waals surface area contributed by atoms with Crippen LogP contribution < -0.4 is 0 Å². The number of hydrogen-bond donors (Lipinski definition) is 0. The summed E-state index contributed by atoms with van der Waals surface area (Å²) in [6.07, 6.45) is -1.12. The van der Waals surface area contributed by atoms with Crippen LogP contribution >= 0.6 is 0 Å². The lowest BCUT2D eigenvalue weighted by Crippen LogP contribution is -2.35. The number of carbonyl (C=O) groups excluding carboxylic acids is 2. The molecule has 1 aromatic rings. The number of carbonyl (C=O) groups is 2. The summed E-state index contributed by atoms with van der Waals surface area (Å²) in [4.78, 5) is 24.6. The second-order valence-corrected chi connectivity index (χ2v) is 7.36. The highest BCUT2D eigenvalue weighted by molar-refractivity contribution is 7.89. The third kappa shape index (κ3) is 4.26. The van der Waals surface area contributed by atoms with Gasteiger partial charge >= 0.3 is 5.97 Å². The lowest BCUT2D eigenvalue weighted by atomic mass is 10.2. The van der Waals surface area contributed by atoms with Gasteiger partial charge in [-0.1, -0.05) is 0 Å². The third-order valence-electron chi connectivity index (χ3n) is 3.01. The van der Waals surface area contributed by atoms with E-state index in [1.54, 1.807) is 0 Å². The summed E-state index contributed by atoms with van der Waals surface area (Å²) < 4.78 is 43.7. The van der Waals surface area contributed by atoms with Gasteiger partial charge in [0.15, 0.2) is 6.10 Å². The van der Waals surface area contributed by atoms with Crippen LogP contribution in [0.2, 0.25) is 0 Å². The Balaban J connectivity index is 3.14. The molecule has 1 aromatic carbocycles. The van der Waals surface area contributed by atoms with E-state index < -0.39 is 39.4 Å². The molecule has 0 unspecified atom stereocenters. The van der Waals surface area contributed by atoms with Crippen LogP contribution in [0.4, 0.5) is 4.39 Å². The van der Waals surface area contributed by atoms with E-state index in [2.05, 4.69) is 0 Å². The highest BCUT2D eigenvalue weighted by Crippen LogP contribution is 2.19. The van der Waals surface area contributed by atoms with Gasteiger partial charge in [0.1, 0.15) is 5.82 Å². The number of ether oxygens (including phenoxy) is 1. The third-order valence-corrected chi connectivity index (χ3v) is 4.82. The van der Waals surface area contributed by atoms with Crippen molar-refractivity contribution in [3.05, 3.63) is 29.6 Å². The van der Waals surface area contributed by atoms with Gasteiger partial charge in [0.2, 0.25) is 10.0 Å². The number of likely N-dealkylation sites (N-methyl/N-ethyl adjacent to an activating group) is 1. The van der Waals surface area contributed by atoms with E-state index in [9.17, 15) is 22.4 Å². The fraction of sp³-hybridized carbons (Fsp3) is 0.429. The van der Waals surface area contributed by atoms with Crippen molar-refractivity contribution in [2.75, 3.05) is 28.2 Å². The average Bonchev–Trinajstić information content (AvgIpc) is 2.45. The molecule has 0 saturated carbocycles. The SMILES string of the molecule is C[C@H](OC(=O)c1cc(S(=O)(=O)N(C)C)ccc1F)C(=O)N(C)C. The van der Waals surface area contributed by atoms with E-state index >= 15 is 0 Å². The fourth-order valence-electron chi connectivity index (χ4n) is 1.67. The Labute approximate surface area is 134 Å². The maximum Gasteiger partial charge on any atom is 0.341 e. The Morgan fingerprint density at radius 3 is 2.22 bits per heavy atom. The van der Waals surface area contributed by atoms with Crippen molar-refractivity contribution in [3.8, 4) is 0 Å². The van der Waals surface area contributed by atoms with Gasteiger partial charge in [-0.3, -0.25) is 4.79 Å². The van der Waals surface area contributed by atoms with Crippen LogP contribution in [0.25, 0.3) is 0 Å². The monoisotopic (exact) mass is 346 g/mol. The minimum absolute atomic E-state index is 0.248. The molecule has 0 N–H and O–H groups in total. The van der Waals surface area contributed by atoms with E-state index in [-0.39, 0.29) is 4.90 Å². The topological polar surface area (TPSA) is 84.0 Å². The molecule has 7 nitrogen and oxygen atoms in total. The molecule has 23 heavy (non-hydrogen) atoms. The van der Waals surface area contributed by atoms with E-state index in [0.717, 1.165) is 22.5 Å².